The van der Waals surface area contributed by atoms with Crippen molar-refractivity contribution in [2.75, 3.05) is 38.9 Å². The van der Waals surface area contributed by atoms with Crippen LogP contribution in [0.25, 0.3) is 0 Å². The number of rotatable bonds is 10. The van der Waals surface area contributed by atoms with Gasteiger partial charge in [-0.2, -0.15) is 0 Å². The average molecular weight is 382 g/mol. The second-order valence-electron chi connectivity index (χ2n) is 5.43. The van der Waals surface area contributed by atoms with Crippen LogP contribution in [0.4, 0.5) is 10.5 Å². The number of para-hydroxylation sites is 1. The van der Waals surface area contributed by atoms with Crippen LogP contribution in [0.15, 0.2) is 42.0 Å². The van der Waals surface area contributed by atoms with Crippen molar-refractivity contribution in [1.82, 2.24) is 5.32 Å². The quantitative estimate of drug-likeness (QED) is 0.365. The van der Waals surface area contributed by atoms with Gasteiger partial charge in [0.15, 0.2) is 0 Å². The van der Waals surface area contributed by atoms with Crippen molar-refractivity contribution in [3.63, 3.8) is 0 Å². The molecule has 1 aromatic carbocycles. The molecule has 0 aromatic heterocycles. The number of carboxylic acid groups (broad SMARTS) is 1. The lowest BCUT2D eigenvalue weighted by Crippen LogP contribution is -2.56. The van der Waals surface area contributed by atoms with Crippen LogP contribution in [0.2, 0.25) is 0 Å². The highest BCUT2D eigenvalue weighted by molar-refractivity contribution is 6.61. The number of benzene rings is 1. The van der Waals surface area contributed by atoms with E-state index >= 15 is 0 Å². The van der Waals surface area contributed by atoms with Crippen molar-refractivity contribution >= 4 is 26.5 Å². The summed E-state index contributed by atoms with van der Waals surface area (Å²) in [5.74, 6) is -0.974. The molecule has 9 heteroatoms. The van der Waals surface area contributed by atoms with Gasteiger partial charge in [0, 0.05) is 39.1 Å². The summed E-state index contributed by atoms with van der Waals surface area (Å²) in [4.78, 5) is 25.0. The predicted octanol–water partition coefficient (Wildman–Crippen LogP) is 2.04. The fourth-order valence-electron chi connectivity index (χ4n) is 2.18. The van der Waals surface area contributed by atoms with Gasteiger partial charge in [-0.15, -0.1) is 0 Å². The molecular formula is C17H26N2O6Si. The third-order valence-electron chi connectivity index (χ3n) is 3.81. The summed E-state index contributed by atoms with van der Waals surface area (Å²) >= 11 is 0. The maximum Gasteiger partial charge on any atom is 0.521 e. The highest BCUT2D eigenvalue weighted by atomic mass is 28.4. The van der Waals surface area contributed by atoms with Crippen LogP contribution < -0.4 is 10.2 Å². The summed E-state index contributed by atoms with van der Waals surface area (Å²) in [6.45, 7) is 1.81. The molecule has 0 saturated carbocycles. The molecule has 0 bridgehead atoms. The molecule has 0 radical (unpaired) electrons. The van der Waals surface area contributed by atoms with E-state index in [9.17, 15) is 9.59 Å². The second-order valence-corrected chi connectivity index (χ2v) is 8.34. The number of hydrogen-bond acceptors (Lipinski definition) is 5. The molecule has 0 unspecified atom stereocenters. The first-order chi connectivity index (χ1) is 12.4. The molecule has 2 N–H and O–H groups in total. The molecule has 26 heavy (non-hydrogen) atoms. The molecule has 1 rings (SSSR count). The molecule has 8 nitrogen and oxygen atoms in total. The van der Waals surface area contributed by atoms with Crippen LogP contribution in [-0.2, 0) is 18.1 Å². The molecule has 1 aromatic rings. The van der Waals surface area contributed by atoms with Gasteiger partial charge in [-0.1, -0.05) is 24.3 Å². The highest BCUT2D eigenvalue weighted by Gasteiger charge is 2.42. The van der Waals surface area contributed by atoms with Crippen LogP contribution in [-0.4, -0.2) is 60.0 Å². The third kappa shape index (κ3) is 6.26. The minimum atomic E-state index is -3.03. The lowest BCUT2D eigenvalue weighted by molar-refractivity contribution is -0.132. The van der Waals surface area contributed by atoms with Gasteiger partial charge in [-0.05, 0) is 25.5 Å². The minimum absolute atomic E-state index is 0.135. The molecule has 144 valence electrons. The van der Waals surface area contributed by atoms with Crippen molar-refractivity contribution < 1.29 is 28.0 Å². The minimum Gasteiger partial charge on any atom is -0.478 e. The van der Waals surface area contributed by atoms with E-state index in [1.54, 1.807) is 18.2 Å². The average Bonchev–Trinajstić information content (AvgIpc) is 2.67. The Labute approximate surface area is 154 Å². The summed E-state index contributed by atoms with van der Waals surface area (Å²) in [5.41, 5.74) is 0.911. The van der Waals surface area contributed by atoms with Crippen LogP contribution in [0.5, 0.6) is 0 Å². The van der Waals surface area contributed by atoms with Crippen molar-refractivity contribution in [1.29, 1.82) is 0 Å². The van der Waals surface area contributed by atoms with Gasteiger partial charge >= 0.3 is 20.8 Å². The molecule has 0 spiro atoms. The Morgan fingerprint density at radius 1 is 1.15 bits per heavy atom. The number of amides is 2. The Balaban J connectivity index is 2.87. The maximum atomic E-state index is 12.7. The Hall–Kier alpha value is -2.20. The fourth-order valence-corrected chi connectivity index (χ4v) is 3.78. The van der Waals surface area contributed by atoms with E-state index in [0.717, 1.165) is 0 Å². The van der Waals surface area contributed by atoms with Crippen molar-refractivity contribution in [2.24, 2.45) is 0 Å². The Morgan fingerprint density at radius 2 is 1.73 bits per heavy atom. The van der Waals surface area contributed by atoms with Crippen LogP contribution in [0, 0.1) is 0 Å². The Kier molecular flexibility index (Phi) is 9.00. The normalized spacial score (nSPS) is 11.9. The first-order valence-corrected chi connectivity index (χ1v) is 9.98. The monoisotopic (exact) mass is 382 g/mol. The zero-order chi connectivity index (χ0) is 19.6. The largest absolute Gasteiger partial charge is 0.521 e. The number of carbonyl (C=O) groups is 2. The fraction of sp³-hybridized carbons (Fsp3) is 0.412. The number of urea groups is 1. The van der Waals surface area contributed by atoms with Crippen molar-refractivity contribution in [2.45, 2.75) is 13.3 Å². The first-order valence-electron chi connectivity index (χ1n) is 8.05. The van der Waals surface area contributed by atoms with Crippen LogP contribution in [0.1, 0.15) is 13.3 Å². The predicted molar refractivity (Wildman–Crippen MR) is 100.0 cm³/mol. The molecule has 0 aliphatic rings. The number of nitrogens with one attached hydrogen (secondary N) is 1. The van der Waals surface area contributed by atoms with Crippen molar-refractivity contribution in [3.05, 3.63) is 42.0 Å². The summed E-state index contributed by atoms with van der Waals surface area (Å²) < 4.78 is 16.3. The van der Waals surface area contributed by atoms with E-state index in [1.807, 2.05) is 18.2 Å². The van der Waals surface area contributed by atoms with E-state index in [-0.39, 0.29) is 17.8 Å². The maximum absolute atomic E-state index is 12.7. The molecule has 0 aliphatic carbocycles. The summed E-state index contributed by atoms with van der Waals surface area (Å²) in [6.07, 6.45) is 2.11. The Bertz CT molecular complexity index is 611. The topological polar surface area (TPSA) is 97.3 Å². The smallest absolute Gasteiger partial charge is 0.478 e. The van der Waals surface area contributed by atoms with Gasteiger partial charge < -0.3 is 23.7 Å². The molecule has 0 saturated heterocycles. The standard InChI is InChI=1S/C17H26N2O6Si/c1-14(16(20)21)9-8-12-18-17(22)19(15-10-6-5-7-11-15)13-26(23-2,24-3)25-4/h5-7,9-11H,8,12-13H2,1-4H3,(H,18,22)(H,20,21). The number of nitrogens with zero attached hydrogens (tertiary/aromatic N) is 1. The zero-order valence-corrected chi connectivity index (χ0v) is 16.5. The molecule has 0 atom stereocenters. The van der Waals surface area contributed by atoms with E-state index < -0.39 is 14.8 Å². The van der Waals surface area contributed by atoms with Gasteiger partial charge in [0.1, 0.15) is 0 Å². The number of carboxylic acids is 1. The molecule has 0 heterocycles. The lowest BCUT2D eigenvalue weighted by atomic mass is 10.2. The van der Waals surface area contributed by atoms with Crippen LogP contribution >= 0.6 is 0 Å². The van der Waals surface area contributed by atoms with E-state index in [4.69, 9.17) is 18.4 Å². The van der Waals surface area contributed by atoms with E-state index in [2.05, 4.69) is 5.32 Å². The number of anilines is 1. The first kappa shape index (κ1) is 21.8. The van der Waals surface area contributed by atoms with E-state index in [1.165, 1.54) is 33.2 Å². The van der Waals surface area contributed by atoms with E-state index in [0.29, 0.717) is 18.7 Å². The summed E-state index contributed by atoms with van der Waals surface area (Å²) in [5, 5.41) is 11.6. The number of hydrogen-bond donors (Lipinski definition) is 2. The summed E-state index contributed by atoms with van der Waals surface area (Å²) in [6, 6.07) is 8.75. The lowest BCUT2D eigenvalue weighted by Gasteiger charge is -2.31. The van der Waals surface area contributed by atoms with Gasteiger partial charge in [0.2, 0.25) is 0 Å². The van der Waals surface area contributed by atoms with Gasteiger partial charge in [-0.25, -0.2) is 9.59 Å². The number of aliphatic carboxylic acids is 1. The third-order valence-corrected chi connectivity index (χ3v) is 6.38. The Morgan fingerprint density at radius 3 is 2.23 bits per heavy atom. The molecule has 2 amide bonds. The second kappa shape index (κ2) is 10.7. The molecular weight excluding hydrogens is 356 g/mol. The molecule has 0 aliphatic heterocycles. The van der Waals surface area contributed by atoms with Crippen molar-refractivity contribution in [3.8, 4) is 0 Å². The van der Waals surface area contributed by atoms with Gasteiger partial charge in [0.05, 0.1) is 6.17 Å². The zero-order valence-electron chi connectivity index (χ0n) is 15.5. The summed E-state index contributed by atoms with van der Waals surface area (Å²) in [7, 11) is 1.43. The molecule has 0 fully saturated rings. The van der Waals surface area contributed by atoms with Gasteiger partial charge in [0.25, 0.3) is 0 Å². The SMILES string of the molecule is CO[Si](CN(C(=O)NCCC=C(C)C(=O)O)c1ccccc1)(OC)OC. The highest BCUT2D eigenvalue weighted by Crippen LogP contribution is 2.18. The number of carbonyl (C=O) groups excluding carboxylic acids is 1. The van der Waals surface area contributed by atoms with Gasteiger partial charge in [-0.3, -0.25) is 4.90 Å². The van der Waals surface area contributed by atoms with Crippen LogP contribution in [0.3, 0.4) is 0 Å².